The molecule has 1 unspecified atom stereocenters. The van der Waals surface area contributed by atoms with E-state index < -0.39 is 11.5 Å². The third kappa shape index (κ3) is 2.44. The number of aliphatic imine (C=N–C) groups is 1. The van der Waals surface area contributed by atoms with Crippen LogP contribution < -0.4 is 0 Å². The number of nitrogens with zero attached hydrogens (tertiary/aromatic N) is 1. The molecular weight excluding hydrogens is 136 g/mol. The van der Waals surface area contributed by atoms with E-state index in [1.54, 1.807) is 0 Å². The van der Waals surface area contributed by atoms with Crippen LogP contribution in [0.15, 0.2) is 4.99 Å². The Morgan fingerprint density at radius 3 is 2.50 bits per heavy atom. The summed E-state index contributed by atoms with van der Waals surface area (Å²) in [5.74, 6) is -1.32. The normalized spacial score (nSPS) is 11.8. The first-order valence-electron chi connectivity index (χ1n) is 1.58. The highest BCUT2D eigenvalue weighted by Crippen LogP contribution is 1.97. The molecule has 0 heterocycles. The molecule has 0 saturated carbocycles. The lowest BCUT2D eigenvalue weighted by molar-refractivity contribution is -0.119. The van der Waals surface area contributed by atoms with Gasteiger partial charge in [0.15, 0.2) is 0 Å². The Kier molecular flexibility index (Phi) is 2.99. The number of hydrogen-bond donors (Lipinski definition) is 0. The summed E-state index contributed by atoms with van der Waals surface area (Å²) in [7, 11) is 0. The van der Waals surface area contributed by atoms with Crippen molar-refractivity contribution in [3.8, 4) is 0 Å². The van der Waals surface area contributed by atoms with E-state index in [4.69, 9.17) is 0 Å². The van der Waals surface area contributed by atoms with E-state index in [1.807, 2.05) is 0 Å². The number of hydrogen-bond acceptors (Lipinski definition) is 2. The van der Waals surface area contributed by atoms with E-state index in [-0.39, 0.29) is 0 Å². The summed E-state index contributed by atoms with van der Waals surface area (Å²) in [5, 5.41) is 0. The van der Waals surface area contributed by atoms with Crippen LogP contribution in [0.2, 0.25) is 0 Å². The minimum Gasteiger partial charge on any atom is -0.267 e. The van der Waals surface area contributed by atoms with E-state index in [1.165, 1.54) is 0 Å². The fraction of sp³-hybridized carbons (Fsp3) is 0.333. The highest BCUT2D eigenvalue weighted by atomic mass is 35.5. The van der Waals surface area contributed by atoms with Gasteiger partial charge in [-0.1, -0.05) is 11.6 Å². The van der Waals surface area contributed by atoms with E-state index in [0.717, 1.165) is 6.08 Å². The van der Waals surface area contributed by atoms with Crippen molar-refractivity contribution in [2.45, 2.75) is 5.63 Å². The monoisotopic (exact) mass is 137 g/mol. The number of halogens is 2. The van der Waals surface area contributed by atoms with Gasteiger partial charge in [0, 0.05) is 0 Å². The van der Waals surface area contributed by atoms with Crippen molar-refractivity contribution in [1.82, 2.24) is 0 Å². The van der Waals surface area contributed by atoms with Crippen molar-refractivity contribution in [2.75, 3.05) is 0 Å². The Hall–Kier alpha value is -0.730. The van der Waals surface area contributed by atoms with Crippen LogP contribution in [0.25, 0.3) is 0 Å². The lowest BCUT2D eigenvalue weighted by Gasteiger charge is -1.83. The summed E-state index contributed by atoms with van der Waals surface area (Å²) in [4.78, 5) is 21.4. The smallest absolute Gasteiger partial charge is 0.267 e. The van der Waals surface area contributed by atoms with Crippen LogP contribution in [0.4, 0.5) is 4.39 Å². The van der Waals surface area contributed by atoms with Gasteiger partial charge in [-0.2, -0.15) is 0 Å². The fourth-order valence-electron chi connectivity index (χ4n) is 0.0938. The number of carbonyl (C=O) groups is 1. The molecule has 1 atom stereocenters. The van der Waals surface area contributed by atoms with E-state index in [2.05, 4.69) is 16.6 Å². The second kappa shape index (κ2) is 3.29. The van der Waals surface area contributed by atoms with Gasteiger partial charge in [-0.05, 0) is 0 Å². The van der Waals surface area contributed by atoms with E-state index >= 15 is 0 Å². The minimum atomic E-state index is -2.23. The molecule has 0 radical (unpaired) electrons. The first kappa shape index (κ1) is 7.27. The Balaban J connectivity index is 3.84. The highest BCUT2D eigenvalue weighted by Gasteiger charge is 2.10. The van der Waals surface area contributed by atoms with Crippen molar-refractivity contribution in [1.29, 1.82) is 0 Å². The van der Waals surface area contributed by atoms with Crippen LogP contribution in [-0.2, 0) is 9.59 Å². The molecule has 0 N–H and O–H groups in total. The Morgan fingerprint density at radius 2 is 2.38 bits per heavy atom. The second-order valence-electron chi connectivity index (χ2n) is 0.842. The third-order valence-electron chi connectivity index (χ3n) is 0.343. The SMILES string of the molecule is O=C=NC(=O)C(F)Cl. The molecule has 44 valence electrons. The van der Waals surface area contributed by atoms with Gasteiger partial charge in [0.1, 0.15) is 0 Å². The molecule has 0 aliphatic carbocycles. The molecule has 0 saturated heterocycles. The topological polar surface area (TPSA) is 46.5 Å². The van der Waals surface area contributed by atoms with Gasteiger partial charge in [0.25, 0.3) is 5.63 Å². The molecule has 0 aromatic rings. The molecule has 0 aliphatic heterocycles. The quantitative estimate of drug-likeness (QED) is 0.298. The molecule has 0 aromatic carbocycles. The maximum Gasteiger partial charge on any atom is 0.306 e. The van der Waals surface area contributed by atoms with Gasteiger partial charge in [-0.15, -0.1) is 4.99 Å². The number of carbonyl (C=O) groups excluding carboxylic acids is 2. The zero-order valence-corrected chi connectivity index (χ0v) is 4.35. The molecule has 0 fully saturated rings. The van der Waals surface area contributed by atoms with Gasteiger partial charge in [0.05, 0.1) is 0 Å². The van der Waals surface area contributed by atoms with Crippen LogP contribution >= 0.6 is 11.6 Å². The van der Waals surface area contributed by atoms with E-state index in [0.29, 0.717) is 0 Å². The van der Waals surface area contributed by atoms with Gasteiger partial charge in [-0.3, -0.25) is 4.79 Å². The van der Waals surface area contributed by atoms with Crippen molar-refractivity contribution < 1.29 is 14.0 Å². The molecule has 0 aliphatic rings. The lowest BCUT2D eigenvalue weighted by atomic mass is 10.7. The maximum atomic E-state index is 11.4. The van der Waals surface area contributed by atoms with Crippen LogP contribution in [0, 0.1) is 0 Å². The Labute approximate surface area is 49.2 Å². The first-order chi connectivity index (χ1) is 3.68. The Bertz CT molecular complexity index is 140. The van der Waals surface area contributed by atoms with Gasteiger partial charge < -0.3 is 0 Å². The predicted octanol–water partition coefficient (Wildman–Crippen LogP) is 0.383. The molecular formula is C3HClFNO2. The summed E-state index contributed by atoms with van der Waals surface area (Å²) in [6.07, 6.45) is 0.850. The van der Waals surface area contributed by atoms with Crippen molar-refractivity contribution >= 4 is 23.6 Å². The second-order valence-corrected chi connectivity index (χ2v) is 1.23. The average Bonchev–Trinajstić information content (AvgIpc) is 1.67. The summed E-state index contributed by atoms with van der Waals surface area (Å²) in [6, 6.07) is 0. The minimum absolute atomic E-state index is 0.850. The maximum absolute atomic E-state index is 11.4. The van der Waals surface area contributed by atoms with Crippen LogP contribution in [0.3, 0.4) is 0 Å². The van der Waals surface area contributed by atoms with Gasteiger partial charge in [0.2, 0.25) is 6.08 Å². The van der Waals surface area contributed by atoms with Gasteiger partial charge in [-0.25, -0.2) is 9.18 Å². The summed E-state index contributed by atoms with van der Waals surface area (Å²) >= 11 is 4.52. The zero-order valence-electron chi connectivity index (χ0n) is 3.60. The number of amides is 1. The molecule has 3 nitrogen and oxygen atoms in total. The molecule has 0 aromatic heterocycles. The third-order valence-corrected chi connectivity index (χ3v) is 0.529. The Morgan fingerprint density at radius 1 is 1.88 bits per heavy atom. The molecule has 1 amide bonds. The highest BCUT2D eigenvalue weighted by molar-refractivity contribution is 6.29. The van der Waals surface area contributed by atoms with Gasteiger partial charge >= 0.3 is 5.91 Å². The van der Waals surface area contributed by atoms with Crippen LogP contribution in [-0.4, -0.2) is 17.6 Å². The molecule has 0 spiro atoms. The number of alkyl halides is 2. The largest absolute Gasteiger partial charge is 0.306 e. The summed E-state index contributed by atoms with van der Waals surface area (Å²) in [5.41, 5.74) is -2.23. The predicted molar refractivity (Wildman–Crippen MR) is 23.9 cm³/mol. The average molecular weight is 137 g/mol. The number of rotatable bonds is 1. The summed E-state index contributed by atoms with van der Waals surface area (Å²) < 4.78 is 11.4. The summed E-state index contributed by atoms with van der Waals surface area (Å²) in [6.45, 7) is 0. The molecule has 0 rings (SSSR count). The van der Waals surface area contributed by atoms with Crippen molar-refractivity contribution in [2.24, 2.45) is 4.99 Å². The molecule has 8 heavy (non-hydrogen) atoms. The van der Waals surface area contributed by atoms with Crippen LogP contribution in [0.1, 0.15) is 0 Å². The van der Waals surface area contributed by atoms with Crippen LogP contribution in [0.5, 0.6) is 0 Å². The van der Waals surface area contributed by atoms with Crippen molar-refractivity contribution in [3.63, 3.8) is 0 Å². The number of isocyanates is 1. The van der Waals surface area contributed by atoms with E-state index in [9.17, 15) is 14.0 Å². The zero-order chi connectivity index (χ0) is 6.57. The molecule has 5 heteroatoms. The lowest BCUT2D eigenvalue weighted by Crippen LogP contribution is -2.03. The fourth-order valence-corrected chi connectivity index (χ4v) is 0.143. The molecule has 0 bridgehead atoms. The van der Waals surface area contributed by atoms with Crippen molar-refractivity contribution in [3.05, 3.63) is 0 Å². The first-order valence-corrected chi connectivity index (χ1v) is 2.02. The standard InChI is InChI=1S/C3HClFNO2/c4-2(5)3(8)6-1-7/h2H.